The van der Waals surface area contributed by atoms with Crippen LogP contribution in [-0.2, 0) is 9.59 Å². The molecule has 1 aliphatic heterocycles. The number of carbonyl (C=O) groups is 2. The van der Waals surface area contributed by atoms with E-state index in [1.165, 1.54) is 30.0 Å². The molecule has 0 N–H and O–H groups in total. The number of thioether (sulfide) groups is 1. The molecule has 6 heteroatoms. The molecule has 0 aliphatic carbocycles. The zero-order valence-electron chi connectivity index (χ0n) is 12.3. The Hall–Kier alpha value is -1.56. The Labute approximate surface area is 127 Å². The van der Waals surface area contributed by atoms with Crippen molar-refractivity contribution in [1.29, 1.82) is 0 Å². The molecule has 1 atom stereocenters. The summed E-state index contributed by atoms with van der Waals surface area (Å²) in [4.78, 5) is 24.8. The van der Waals surface area contributed by atoms with Crippen LogP contribution >= 0.6 is 11.8 Å². The van der Waals surface area contributed by atoms with Crippen LogP contribution in [0.1, 0.15) is 27.2 Å². The van der Waals surface area contributed by atoms with Crippen molar-refractivity contribution >= 4 is 28.5 Å². The van der Waals surface area contributed by atoms with E-state index < -0.39 is 5.82 Å². The van der Waals surface area contributed by atoms with Crippen LogP contribution < -0.4 is 9.64 Å². The molecule has 1 amide bonds. The second-order valence-electron chi connectivity index (χ2n) is 5.22. The number of hydrogen-bond acceptors (Lipinski definition) is 4. The van der Waals surface area contributed by atoms with Gasteiger partial charge in [0, 0.05) is 31.2 Å². The number of carbonyl (C=O) groups excluding carboxylic acids is 2. The fourth-order valence-electron chi connectivity index (χ4n) is 2.28. The molecule has 0 saturated carbocycles. The molecule has 2 rings (SSSR count). The summed E-state index contributed by atoms with van der Waals surface area (Å²) in [6.07, 6.45) is 0.205. The largest absolute Gasteiger partial charge is 0.489 e. The van der Waals surface area contributed by atoms with E-state index in [9.17, 15) is 14.0 Å². The van der Waals surface area contributed by atoms with Gasteiger partial charge < -0.3 is 9.64 Å². The van der Waals surface area contributed by atoms with Crippen molar-refractivity contribution in [1.82, 2.24) is 0 Å². The van der Waals surface area contributed by atoms with Crippen molar-refractivity contribution in [2.45, 2.75) is 38.5 Å². The van der Waals surface area contributed by atoms with Gasteiger partial charge in [-0.2, -0.15) is 0 Å². The highest BCUT2D eigenvalue weighted by Crippen LogP contribution is 2.35. The first-order valence-corrected chi connectivity index (χ1v) is 7.68. The molecule has 1 saturated heterocycles. The van der Waals surface area contributed by atoms with Gasteiger partial charge in [-0.1, -0.05) is 11.8 Å². The van der Waals surface area contributed by atoms with Crippen LogP contribution in [0.25, 0.3) is 0 Å². The summed E-state index contributed by atoms with van der Waals surface area (Å²) in [5.74, 6) is -0.0576. The zero-order valence-corrected chi connectivity index (χ0v) is 13.1. The number of amides is 1. The third-order valence-electron chi connectivity index (χ3n) is 3.00. The Morgan fingerprint density at radius 1 is 1.48 bits per heavy atom. The SMILES string of the molecule is CC(=O)SC1CC(=O)N(c2cc(F)ccc2OC(C)C)C1. The zero-order chi connectivity index (χ0) is 15.6. The predicted molar refractivity (Wildman–Crippen MR) is 81.2 cm³/mol. The summed E-state index contributed by atoms with van der Waals surface area (Å²) in [7, 11) is 0. The molecule has 0 aromatic heterocycles. The topological polar surface area (TPSA) is 46.6 Å². The van der Waals surface area contributed by atoms with Gasteiger partial charge >= 0.3 is 0 Å². The van der Waals surface area contributed by atoms with E-state index in [2.05, 4.69) is 0 Å². The highest BCUT2D eigenvalue weighted by Gasteiger charge is 2.33. The molecule has 4 nitrogen and oxygen atoms in total. The lowest BCUT2D eigenvalue weighted by atomic mass is 10.2. The maximum Gasteiger partial charge on any atom is 0.228 e. The molecular weight excluding hydrogens is 293 g/mol. The Kier molecular flexibility index (Phi) is 4.88. The maximum atomic E-state index is 13.5. The minimum atomic E-state index is -0.420. The van der Waals surface area contributed by atoms with Gasteiger partial charge in [0.2, 0.25) is 5.91 Å². The van der Waals surface area contributed by atoms with Gasteiger partial charge in [0.25, 0.3) is 0 Å². The molecule has 21 heavy (non-hydrogen) atoms. The first kappa shape index (κ1) is 15.8. The molecule has 1 aromatic carbocycles. The third-order valence-corrected chi connectivity index (χ3v) is 3.98. The number of anilines is 1. The Bertz CT molecular complexity index is 562. The minimum Gasteiger partial charge on any atom is -0.489 e. The number of rotatable bonds is 4. The number of benzene rings is 1. The van der Waals surface area contributed by atoms with Crippen molar-refractivity contribution in [3.63, 3.8) is 0 Å². The van der Waals surface area contributed by atoms with E-state index in [1.807, 2.05) is 13.8 Å². The van der Waals surface area contributed by atoms with E-state index in [-0.39, 0.29) is 28.8 Å². The van der Waals surface area contributed by atoms with Gasteiger partial charge in [0.1, 0.15) is 11.6 Å². The Morgan fingerprint density at radius 2 is 2.19 bits per heavy atom. The van der Waals surface area contributed by atoms with E-state index in [1.54, 1.807) is 0 Å². The van der Waals surface area contributed by atoms with Gasteiger partial charge in [-0.25, -0.2) is 4.39 Å². The molecule has 114 valence electrons. The van der Waals surface area contributed by atoms with Crippen LogP contribution in [0.2, 0.25) is 0 Å². The molecule has 1 unspecified atom stereocenters. The van der Waals surface area contributed by atoms with E-state index >= 15 is 0 Å². The second-order valence-corrected chi connectivity index (χ2v) is 6.70. The molecule has 1 heterocycles. The van der Waals surface area contributed by atoms with Crippen LogP contribution in [0, 0.1) is 5.82 Å². The Balaban J connectivity index is 2.26. The van der Waals surface area contributed by atoms with Crippen LogP contribution in [0.3, 0.4) is 0 Å². The first-order chi connectivity index (χ1) is 9.86. The lowest BCUT2D eigenvalue weighted by Gasteiger charge is -2.21. The molecule has 0 bridgehead atoms. The van der Waals surface area contributed by atoms with Crippen molar-refractivity contribution < 1.29 is 18.7 Å². The van der Waals surface area contributed by atoms with E-state index in [0.717, 1.165) is 11.8 Å². The first-order valence-electron chi connectivity index (χ1n) is 6.80. The molecule has 1 aliphatic rings. The third kappa shape index (κ3) is 3.97. The summed E-state index contributed by atoms with van der Waals surface area (Å²) in [5.41, 5.74) is 0.431. The molecule has 0 radical (unpaired) electrons. The lowest BCUT2D eigenvalue weighted by molar-refractivity contribution is -0.117. The van der Waals surface area contributed by atoms with Crippen molar-refractivity contribution in [2.24, 2.45) is 0 Å². The van der Waals surface area contributed by atoms with Crippen LogP contribution in [0.15, 0.2) is 18.2 Å². The van der Waals surface area contributed by atoms with Crippen molar-refractivity contribution in [2.75, 3.05) is 11.4 Å². The molecular formula is C15H18FNO3S. The second kappa shape index (κ2) is 6.47. The number of hydrogen-bond donors (Lipinski definition) is 0. The standard InChI is InChI=1S/C15H18FNO3S/c1-9(2)20-14-5-4-11(16)6-13(14)17-8-12(7-15(17)19)21-10(3)18/h4-6,9,12H,7-8H2,1-3H3. The average molecular weight is 311 g/mol. The molecule has 0 spiro atoms. The summed E-state index contributed by atoms with van der Waals surface area (Å²) < 4.78 is 19.2. The van der Waals surface area contributed by atoms with Gasteiger partial charge in [-0.05, 0) is 26.0 Å². The molecule has 1 aromatic rings. The summed E-state index contributed by atoms with van der Waals surface area (Å²) >= 11 is 1.15. The van der Waals surface area contributed by atoms with Gasteiger partial charge in [-0.15, -0.1) is 0 Å². The lowest BCUT2D eigenvalue weighted by Crippen LogP contribution is -2.26. The number of halogens is 1. The van der Waals surface area contributed by atoms with Crippen LogP contribution in [-0.4, -0.2) is 28.9 Å². The highest BCUT2D eigenvalue weighted by molar-refractivity contribution is 8.14. The van der Waals surface area contributed by atoms with Gasteiger partial charge in [0.15, 0.2) is 5.12 Å². The fraction of sp³-hybridized carbons (Fsp3) is 0.467. The van der Waals surface area contributed by atoms with Gasteiger partial charge in [0.05, 0.1) is 11.8 Å². The maximum absolute atomic E-state index is 13.5. The van der Waals surface area contributed by atoms with Crippen molar-refractivity contribution in [3.05, 3.63) is 24.0 Å². The predicted octanol–water partition coefficient (Wildman–Crippen LogP) is 3.00. The van der Waals surface area contributed by atoms with Gasteiger partial charge in [-0.3, -0.25) is 9.59 Å². The summed E-state index contributed by atoms with van der Waals surface area (Å²) in [6, 6.07) is 4.14. The Morgan fingerprint density at radius 3 is 2.81 bits per heavy atom. The normalized spacial score (nSPS) is 18.4. The summed E-state index contributed by atoms with van der Waals surface area (Å²) in [5, 5.41) is -0.113. The highest BCUT2D eigenvalue weighted by atomic mass is 32.2. The monoisotopic (exact) mass is 311 g/mol. The fourth-order valence-corrected chi connectivity index (χ4v) is 3.20. The van der Waals surface area contributed by atoms with Crippen LogP contribution in [0.5, 0.6) is 5.75 Å². The average Bonchev–Trinajstić information content (AvgIpc) is 2.71. The van der Waals surface area contributed by atoms with Crippen molar-refractivity contribution in [3.8, 4) is 5.75 Å². The van der Waals surface area contributed by atoms with E-state index in [0.29, 0.717) is 18.0 Å². The number of ether oxygens (including phenoxy) is 1. The quantitative estimate of drug-likeness (QED) is 0.857. The number of nitrogens with zero attached hydrogens (tertiary/aromatic N) is 1. The van der Waals surface area contributed by atoms with Crippen LogP contribution in [0.4, 0.5) is 10.1 Å². The summed E-state index contributed by atoms with van der Waals surface area (Å²) in [6.45, 7) is 5.61. The molecule has 1 fully saturated rings. The minimum absolute atomic E-state index is 0.0208. The smallest absolute Gasteiger partial charge is 0.228 e. The van der Waals surface area contributed by atoms with E-state index in [4.69, 9.17) is 4.74 Å².